The Morgan fingerprint density at radius 1 is 1.15 bits per heavy atom. The molecule has 1 saturated heterocycles. The first-order valence-electron chi connectivity index (χ1n) is 8.81. The number of benzene rings is 2. The summed E-state index contributed by atoms with van der Waals surface area (Å²) in [5.74, 6) is 0.404. The quantitative estimate of drug-likeness (QED) is 0.869. The molecular weight excluding hydrogens is 328 g/mol. The van der Waals surface area contributed by atoms with Crippen LogP contribution in [0.25, 0.3) is 0 Å². The first kappa shape index (κ1) is 18.0. The third-order valence-electron chi connectivity index (χ3n) is 4.94. The van der Waals surface area contributed by atoms with Crippen LogP contribution < -0.4 is 10.1 Å². The molecule has 0 saturated carbocycles. The van der Waals surface area contributed by atoms with E-state index in [0.29, 0.717) is 6.54 Å². The molecule has 1 aliphatic heterocycles. The normalized spacial score (nSPS) is 19.5. The largest absolute Gasteiger partial charge is 0.497 e. The second-order valence-corrected chi connectivity index (χ2v) is 6.56. The fraction of sp³-hybridized carbons (Fsp3) is 0.333. The van der Waals surface area contributed by atoms with Crippen molar-refractivity contribution >= 4 is 11.8 Å². The van der Waals surface area contributed by atoms with Crippen LogP contribution in [-0.4, -0.2) is 37.4 Å². The zero-order chi connectivity index (χ0) is 18.5. The number of ether oxygens (including phenoxy) is 1. The van der Waals surface area contributed by atoms with Crippen molar-refractivity contribution in [1.82, 2.24) is 10.2 Å². The van der Waals surface area contributed by atoms with Crippen LogP contribution in [0, 0.1) is 5.92 Å². The summed E-state index contributed by atoms with van der Waals surface area (Å²) in [6, 6.07) is 17.3. The lowest BCUT2D eigenvalue weighted by Crippen LogP contribution is -2.35. The van der Waals surface area contributed by atoms with Gasteiger partial charge in [0, 0.05) is 20.0 Å². The van der Waals surface area contributed by atoms with Crippen LogP contribution in [0.5, 0.6) is 5.75 Å². The smallest absolute Gasteiger partial charge is 0.226 e. The Hall–Kier alpha value is -2.82. The number of carbonyl (C=O) groups is 2. The minimum atomic E-state index is -0.356. The molecule has 0 aromatic heterocycles. The number of nitrogens with zero attached hydrogens (tertiary/aromatic N) is 1. The molecule has 2 atom stereocenters. The van der Waals surface area contributed by atoms with E-state index in [0.717, 1.165) is 23.3 Å². The van der Waals surface area contributed by atoms with Gasteiger partial charge in [-0.2, -0.15) is 0 Å². The molecule has 3 rings (SSSR count). The van der Waals surface area contributed by atoms with Crippen molar-refractivity contribution < 1.29 is 14.3 Å². The predicted octanol–water partition coefficient (Wildman–Crippen LogP) is 2.57. The van der Waals surface area contributed by atoms with E-state index >= 15 is 0 Å². The third kappa shape index (κ3) is 3.87. The van der Waals surface area contributed by atoms with Gasteiger partial charge in [0.2, 0.25) is 11.8 Å². The van der Waals surface area contributed by atoms with E-state index in [4.69, 9.17) is 4.74 Å². The van der Waals surface area contributed by atoms with Crippen LogP contribution in [0.4, 0.5) is 0 Å². The van der Waals surface area contributed by atoms with Crippen LogP contribution in [0.3, 0.4) is 0 Å². The van der Waals surface area contributed by atoms with Crippen LogP contribution >= 0.6 is 0 Å². The molecule has 0 spiro atoms. The molecule has 26 heavy (non-hydrogen) atoms. The van der Waals surface area contributed by atoms with Gasteiger partial charge in [0.05, 0.1) is 19.1 Å². The summed E-state index contributed by atoms with van der Waals surface area (Å²) in [5, 5.41) is 2.99. The standard InChI is InChI=1S/C21H24N2O3/c1-23-19(24)14-18(20(23)16-6-4-3-5-7-16)21(25)22-13-12-15-8-10-17(26-2)11-9-15/h3-11,18,20H,12-14H2,1-2H3,(H,22,25)/t18-,20-/m1/s1. The molecule has 0 aliphatic carbocycles. The van der Waals surface area contributed by atoms with Gasteiger partial charge in [-0.15, -0.1) is 0 Å². The molecule has 2 amide bonds. The molecule has 0 bridgehead atoms. The Labute approximate surface area is 154 Å². The highest BCUT2D eigenvalue weighted by Crippen LogP contribution is 2.36. The molecule has 2 aromatic rings. The van der Waals surface area contributed by atoms with E-state index < -0.39 is 0 Å². The van der Waals surface area contributed by atoms with Gasteiger partial charge in [0.15, 0.2) is 0 Å². The molecule has 2 aromatic carbocycles. The number of amides is 2. The number of likely N-dealkylation sites (tertiary alicyclic amines) is 1. The van der Waals surface area contributed by atoms with Crippen LogP contribution in [-0.2, 0) is 16.0 Å². The molecule has 136 valence electrons. The van der Waals surface area contributed by atoms with Crippen molar-refractivity contribution in [3.8, 4) is 5.75 Å². The summed E-state index contributed by atoms with van der Waals surface area (Å²) < 4.78 is 5.15. The van der Waals surface area contributed by atoms with Gasteiger partial charge in [0.1, 0.15) is 5.75 Å². The lowest BCUT2D eigenvalue weighted by Gasteiger charge is -2.25. The van der Waals surface area contributed by atoms with Gasteiger partial charge < -0.3 is 15.0 Å². The second kappa shape index (κ2) is 8.04. The van der Waals surface area contributed by atoms with Crippen molar-refractivity contribution in [2.75, 3.05) is 20.7 Å². The maximum atomic E-state index is 12.7. The summed E-state index contributed by atoms with van der Waals surface area (Å²) in [6.45, 7) is 0.543. The molecule has 1 fully saturated rings. The van der Waals surface area contributed by atoms with Crippen LogP contribution in [0.15, 0.2) is 54.6 Å². The molecule has 5 heteroatoms. The fourth-order valence-electron chi connectivity index (χ4n) is 3.46. The zero-order valence-electron chi connectivity index (χ0n) is 15.1. The molecular formula is C21H24N2O3. The monoisotopic (exact) mass is 352 g/mol. The van der Waals surface area contributed by atoms with Crippen molar-refractivity contribution in [1.29, 1.82) is 0 Å². The highest BCUT2D eigenvalue weighted by atomic mass is 16.5. The average molecular weight is 352 g/mol. The van der Waals surface area contributed by atoms with Gasteiger partial charge in [-0.1, -0.05) is 42.5 Å². The minimum absolute atomic E-state index is 0.00848. The van der Waals surface area contributed by atoms with Crippen molar-refractivity contribution in [2.45, 2.75) is 18.9 Å². The summed E-state index contributed by atoms with van der Waals surface area (Å²) in [5.41, 5.74) is 2.13. The molecule has 0 radical (unpaired) electrons. The number of rotatable bonds is 6. The zero-order valence-corrected chi connectivity index (χ0v) is 15.1. The van der Waals surface area contributed by atoms with Crippen LogP contribution in [0.1, 0.15) is 23.6 Å². The van der Waals surface area contributed by atoms with Gasteiger partial charge in [-0.05, 0) is 29.7 Å². The van der Waals surface area contributed by atoms with Crippen molar-refractivity contribution in [3.63, 3.8) is 0 Å². The van der Waals surface area contributed by atoms with E-state index in [-0.39, 0.29) is 30.2 Å². The average Bonchev–Trinajstić information content (AvgIpc) is 2.98. The maximum absolute atomic E-state index is 12.7. The van der Waals surface area contributed by atoms with Gasteiger partial charge in [0.25, 0.3) is 0 Å². The molecule has 1 N–H and O–H groups in total. The Bertz CT molecular complexity index is 759. The fourth-order valence-corrected chi connectivity index (χ4v) is 3.46. The minimum Gasteiger partial charge on any atom is -0.497 e. The lowest BCUT2D eigenvalue weighted by atomic mass is 9.93. The van der Waals surface area contributed by atoms with E-state index in [1.165, 1.54) is 0 Å². The number of carbonyl (C=O) groups excluding carboxylic acids is 2. The van der Waals surface area contributed by atoms with Gasteiger partial charge >= 0.3 is 0 Å². The van der Waals surface area contributed by atoms with Crippen molar-refractivity contribution in [2.24, 2.45) is 5.92 Å². The summed E-state index contributed by atoms with van der Waals surface area (Å²) >= 11 is 0. The highest BCUT2D eigenvalue weighted by Gasteiger charge is 2.42. The first-order chi connectivity index (χ1) is 12.6. The third-order valence-corrected chi connectivity index (χ3v) is 4.94. The van der Waals surface area contributed by atoms with E-state index in [9.17, 15) is 9.59 Å². The van der Waals surface area contributed by atoms with E-state index in [2.05, 4.69) is 5.32 Å². The number of hydrogen-bond donors (Lipinski definition) is 1. The summed E-state index contributed by atoms with van der Waals surface area (Å²) in [6.07, 6.45) is 0.993. The Morgan fingerprint density at radius 2 is 1.85 bits per heavy atom. The second-order valence-electron chi connectivity index (χ2n) is 6.56. The van der Waals surface area contributed by atoms with E-state index in [1.54, 1.807) is 19.1 Å². The Morgan fingerprint density at radius 3 is 2.50 bits per heavy atom. The SMILES string of the molecule is COc1ccc(CCNC(=O)[C@@H]2CC(=O)N(C)[C@@H]2c2ccccc2)cc1. The lowest BCUT2D eigenvalue weighted by molar-refractivity contribution is -0.128. The first-order valence-corrected chi connectivity index (χ1v) is 8.81. The van der Waals surface area contributed by atoms with Crippen molar-refractivity contribution in [3.05, 3.63) is 65.7 Å². The topological polar surface area (TPSA) is 58.6 Å². The highest BCUT2D eigenvalue weighted by molar-refractivity contribution is 5.90. The number of nitrogens with one attached hydrogen (secondary N) is 1. The summed E-state index contributed by atoms with van der Waals surface area (Å²) in [4.78, 5) is 26.5. The Balaban J connectivity index is 1.61. The maximum Gasteiger partial charge on any atom is 0.226 e. The molecule has 5 nitrogen and oxygen atoms in total. The molecule has 0 unspecified atom stereocenters. The van der Waals surface area contributed by atoms with Crippen LogP contribution in [0.2, 0.25) is 0 Å². The Kier molecular flexibility index (Phi) is 5.56. The molecule has 1 heterocycles. The van der Waals surface area contributed by atoms with Gasteiger partial charge in [-0.3, -0.25) is 9.59 Å². The number of methoxy groups -OCH3 is 1. The predicted molar refractivity (Wildman–Crippen MR) is 99.8 cm³/mol. The number of hydrogen-bond acceptors (Lipinski definition) is 3. The van der Waals surface area contributed by atoms with Gasteiger partial charge in [-0.25, -0.2) is 0 Å². The summed E-state index contributed by atoms with van der Waals surface area (Å²) in [7, 11) is 3.41. The van der Waals surface area contributed by atoms with E-state index in [1.807, 2.05) is 54.6 Å². The molecule has 1 aliphatic rings.